The van der Waals surface area contributed by atoms with E-state index in [1.54, 1.807) is 6.08 Å². The fourth-order valence-corrected chi connectivity index (χ4v) is 1.44. The summed E-state index contributed by atoms with van der Waals surface area (Å²) in [5, 5.41) is 0. The first-order chi connectivity index (χ1) is 10.9. The fourth-order valence-electron chi connectivity index (χ4n) is 1.44. The third-order valence-electron chi connectivity index (χ3n) is 3.33. The molecular formula is C21H35FO. The molecule has 0 fully saturated rings. The van der Waals surface area contributed by atoms with Crippen LogP contribution in [0.15, 0.2) is 53.3 Å². The molecule has 0 saturated carbocycles. The molecule has 1 rings (SSSR count). The number of halogens is 1. The molecule has 0 heterocycles. The predicted octanol–water partition coefficient (Wildman–Crippen LogP) is 7.29. The van der Waals surface area contributed by atoms with E-state index in [4.69, 9.17) is 4.74 Å². The van der Waals surface area contributed by atoms with Crippen LogP contribution in [0.3, 0.4) is 0 Å². The molecule has 1 aliphatic rings. The van der Waals surface area contributed by atoms with Crippen molar-refractivity contribution in [1.29, 1.82) is 0 Å². The minimum absolute atomic E-state index is 0.0925. The Labute approximate surface area is 143 Å². The highest BCUT2D eigenvalue weighted by Crippen LogP contribution is 2.29. The maximum absolute atomic E-state index is 13.8. The van der Waals surface area contributed by atoms with E-state index < -0.39 is 0 Å². The van der Waals surface area contributed by atoms with Gasteiger partial charge >= 0.3 is 0 Å². The average Bonchev–Trinajstić information content (AvgIpc) is 2.69. The summed E-state index contributed by atoms with van der Waals surface area (Å²) in [4.78, 5) is 0. The standard InChI is InChI=1S/C12H15FO.C5H10.C4H10/c1-4-6-10-11(14-3)8-5-7-9(2)12(10)13;1-4-5(2)3;1-3-4-2/h4-5,9H,1,6-7H2,2-3H3;4H,1-3H3;3-4H2,1-2H3. The number of allylic oxidation sites excluding steroid dienone is 5. The summed E-state index contributed by atoms with van der Waals surface area (Å²) in [6.07, 6.45) is 9.37. The van der Waals surface area contributed by atoms with Crippen LogP contribution in [-0.2, 0) is 4.74 Å². The summed E-state index contributed by atoms with van der Waals surface area (Å²) < 4.78 is 18.9. The van der Waals surface area contributed by atoms with Gasteiger partial charge in [0.15, 0.2) is 5.76 Å². The molecule has 1 nitrogen and oxygen atoms in total. The maximum Gasteiger partial charge on any atom is 0.167 e. The molecule has 0 aromatic heterocycles. The molecule has 1 aliphatic carbocycles. The second-order valence-corrected chi connectivity index (χ2v) is 5.70. The summed E-state index contributed by atoms with van der Waals surface area (Å²) in [7, 11) is 1.53. The third kappa shape index (κ3) is 11.7. The minimum Gasteiger partial charge on any atom is -0.489 e. The molecule has 0 aromatic carbocycles. The molecule has 0 aliphatic heterocycles. The number of methoxy groups -OCH3 is 1. The van der Waals surface area contributed by atoms with Crippen molar-refractivity contribution < 1.29 is 9.13 Å². The Hall–Kier alpha value is -1.53. The molecule has 0 bridgehead atoms. The second-order valence-electron chi connectivity index (χ2n) is 5.70. The zero-order chi connectivity index (χ0) is 18.3. The summed E-state index contributed by atoms with van der Waals surface area (Å²) in [6.45, 7) is 16.0. The summed E-state index contributed by atoms with van der Waals surface area (Å²) >= 11 is 0. The van der Waals surface area contributed by atoms with Gasteiger partial charge in [0.05, 0.1) is 7.11 Å². The predicted molar refractivity (Wildman–Crippen MR) is 101 cm³/mol. The molecule has 23 heavy (non-hydrogen) atoms. The average molecular weight is 323 g/mol. The van der Waals surface area contributed by atoms with Crippen LogP contribution in [-0.4, -0.2) is 7.11 Å². The highest BCUT2D eigenvalue weighted by molar-refractivity contribution is 5.32. The SMILES string of the molecule is C=CCC1=C(F)C(C)CC=C=C1OC.CC=C(C)C.CCCC. The number of ether oxygens (including phenoxy) is 1. The number of rotatable bonds is 4. The molecule has 0 aromatic rings. The Morgan fingerprint density at radius 3 is 2.26 bits per heavy atom. The smallest absolute Gasteiger partial charge is 0.167 e. The van der Waals surface area contributed by atoms with E-state index >= 15 is 0 Å². The van der Waals surface area contributed by atoms with Crippen molar-refractivity contribution in [3.05, 3.63) is 53.3 Å². The first-order valence-electron chi connectivity index (χ1n) is 8.47. The largest absolute Gasteiger partial charge is 0.489 e. The summed E-state index contributed by atoms with van der Waals surface area (Å²) in [6, 6.07) is 0. The quantitative estimate of drug-likeness (QED) is 0.390. The van der Waals surface area contributed by atoms with Crippen molar-refractivity contribution >= 4 is 0 Å². The highest BCUT2D eigenvalue weighted by Gasteiger charge is 2.18. The van der Waals surface area contributed by atoms with Gasteiger partial charge in [-0.15, -0.1) is 6.58 Å². The highest BCUT2D eigenvalue weighted by atomic mass is 19.1. The van der Waals surface area contributed by atoms with E-state index in [0.29, 0.717) is 24.2 Å². The molecule has 2 heteroatoms. The van der Waals surface area contributed by atoms with Crippen LogP contribution in [0.25, 0.3) is 0 Å². The lowest BCUT2D eigenvalue weighted by atomic mass is 10.0. The summed E-state index contributed by atoms with van der Waals surface area (Å²) in [5.41, 5.74) is 4.90. The van der Waals surface area contributed by atoms with Crippen LogP contribution in [0.5, 0.6) is 0 Å². The van der Waals surface area contributed by atoms with Gasteiger partial charge < -0.3 is 4.74 Å². The summed E-state index contributed by atoms with van der Waals surface area (Å²) in [5.74, 6) is 0.292. The van der Waals surface area contributed by atoms with E-state index in [2.05, 4.69) is 46.1 Å². The van der Waals surface area contributed by atoms with Gasteiger partial charge in [-0.3, -0.25) is 0 Å². The lowest BCUT2D eigenvalue weighted by molar-refractivity contribution is 0.296. The van der Waals surface area contributed by atoms with Gasteiger partial charge in [0.2, 0.25) is 0 Å². The van der Waals surface area contributed by atoms with Crippen LogP contribution in [0.2, 0.25) is 0 Å². The van der Waals surface area contributed by atoms with Crippen molar-refractivity contribution in [3.8, 4) is 0 Å². The zero-order valence-corrected chi connectivity index (χ0v) is 16.1. The Bertz CT molecular complexity index is 442. The van der Waals surface area contributed by atoms with Gasteiger partial charge in [-0.05, 0) is 39.7 Å². The monoisotopic (exact) mass is 322 g/mol. The molecule has 0 radical (unpaired) electrons. The molecule has 1 unspecified atom stereocenters. The van der Waals surface area contributed by atoms with Gasteiger partial charge in [-0.1, -0.05) is 57.1 Å². The van der Waals surface area contributed by atoms with Crippen LogP contribution in [0, 0.1) is 5.92 Å². The minimum atomic E-state index is -0.108. The van der Waals surface area contributed by atoms with Gasteiger partial charge in [0, 0.05) is 11.5 Å². The number of hydrogen-bond donors (Lipinski definition) is 0. The third-order valence-corrected chi connectivity index (χ3v) is 3.33. The number of hydrogen-bond acceptors (Lipinski definition) is 1. The van der Waals surface area contributed by atoms with Crippen LogP contribution < -0.4 is 0 Å². The van der Waals surface area contributed by atoms with Crippen molar-refractivity contribution in [2.24, 2.45) is 5.92 Å². The van der Waals surface area contributed by atoms with Gasteiger partial charge in [-0.2, -0.15) is 0 Å². The van der Waals surface area contributed by atoms with Crippen molar-refractivity contribution in [2.45, 2.75) is 67.2 Å². The van der Waals surface area contributed by atoms with Crippen molar-refractivity contribution in [3.63, 3.8) is 0 Å². The van der Waals surface area contributed by atoms with E-state index in [1.807, 2.05) is 19.9 Å². The van der Waals surface area contributed by atoms with Crippen molar-refractivity contribution in [1.82, 2.24) is 0 Å². The van der Waals surface area contributed by atoms with Crippen LogP contribution in [0.4, 0.5) is 4.39 Å². The molecular weight excluding hydrogens is 287 g/mol. The first kappa shape index (κ1) is 23.7. The van der Waals surface area contributed by atoms with Crippen molar-refractivity contribution in [2.75, 3.05) is 7.11 Å². The Kier molecular flexibility index (Phi) is 15.9. The molecule has 0 N–H and O–H groups in total. The Morgan fingerprint density at radius 2 is 1.91 bits per heavy atom. The number of unbranched alkanes of at least 4 members (excludes halogenated alkanes) is 1. The molecule has 132 valence electrons. The van der Waals surface area contributed by atoms with E-state index in [9.17, 15) is 4.39 Å². The topological polar surface area (TPSA) is 9.23 Å². The van der Waals surface area contributed by atoms with Crippen LogP contribution >= 0.6 is 0 Å². The molecule has 0 amide bonds. The van der Waals surface area contributed by atoms with Gasteiger partial charge in [-0.25, -0.2) is 4.39 Å². The lowest BCUT2D eigenvalue weighted by Crippen LogP contribution is -1.99. The zero-order valence-electron chi connectivity index (χ0n) is 16.1. The van der Waals surface area contributed by atoms with Gasteiger partial charge in [0.25, 0.3) is 0 Å². The van der Waals surface area contributed by atoms with E-state index in [1.165, 1.54) is 25.5 Å². The second kappa shape index (κ2) is 15.4. The fraction of sp³-hybridized carbons (Fsp3) is 0.571. The Morgan fingerprint density at radius 1 is 1.39 bits per heavy atom. The molecule has 0 spiro atoms. The molecule has 0 saturated heterocycles. The van der Waals surface area contributed by atoms with E-state index in [-0.39, 0.29) is 11.7 Å². The van der Waals surface area contributed by atoms with Crippen LogP contribution in [0.1, 0.15) is 67.2 Å². The van der Waals surface area contributed by atoms with Gasteiger partial charge in [0.1, 0.15) is 5.83 Å². The normalized spacial score (nSPS) is 16.0. The lowest BCUT2D eigenvalue weighted by Gasteiger charge is -2.10. The molecule has 1 atom stereocenters. The first-order valence-corrected chi connectivity index (χ1v) is 8.47. The maximum atomic E-state index is 13.8. The Balaban J connectivity index is 0. The van der Waals surface area contributed by atoms with E-state index in [0.717, 1.165) is 0 Å².